The molecular formula is C23H30FNO3. The van der Waals surface area contributed by atoms with Crippen LogP contribution in [0, 0.1) is 5.82 Å². The number of furan rings is 1. The Balaban J connectivity index is 2.17. The molecule has 0 amide bonds. The average Bonchev–Trinajstić information content (AvgIpc) is 3.11. The quantitative estimate of drug-likeness (QED) is 0.444. The van der Waals surface area contributed by atoms with Crippen molar-refractivity contribution in [3.05, 3.63) is 83.6 Å². The summed E-state index contributed by atoms with van der Waals surface area (Å²) in [5.41, 5.74) is 0.759. The van der Waals surface area contributed by atoms with Gasteiger partial charge in [0.25, 0.3) is 0 Å². The van der Waals surface area contributed by atoms with Gasteiger partial charge in [0.2, 0.25) is 0 Å². The van der Waals surface area contributed by atoms with Crippen LogP contribution in [0.3, 0.4) is 0 Å². The zero-order valence-electron chi connectivity index (χ0n) is 17.0. The minimum absolute atomic E-state index is 0.246. The molecule has 152 valence electrons. The van der Waals surface area contributed by atoms with Gasteiger partial charge < -0.3 is 14.3 Å². The Morgan fingerprint density at radius 1 is 1.11 bits per heavy atom. The SMILES string of the molecule is C=C(C)C(O)(C(=C)C)c1ccc(CN(CCCOC)Cc2ccc(F)cc2)o1. The van der Waals surface area contributed by atoms with Crippen LogP contribution < -0.4 is 0 Å². The van der Waals surface area contributed by atoms with Crippen LogP contribution in [0.2, 0.25) is 0 Å². The molecule has 0 bridgehead atoms. The van der Waals surface area contributed by atoms with E-state index in [1.807, 2.05) is 6.07 Å². The summed E-state index contributed by atoms with van der Waals surface area (Å²) in [5, 5.41) is 11.0. The third kappa shape index (κ3) is 5.41. The van der Waals surface area contributed by atoms with Gasteiger partial charge in [-0.3, -0.25) is 4.90 Å². The number of hydrogen-bond acceptors (Lipinski definition) is 4. The summed E-state index contributed by atoms with van der Waals surface area (Å²) in [5.74, 6) is 0.904. The molecule has 0 spiro atoms. The van der Waals surface area contributed by atoms with E-state index in [9.17, 15) is 9.50 Å². The molecular weight excluding hydrogens is 357 g/mol. The summed E-state index contributed by atoms with van der Waals surface area (Å²) in [6.07, 6.45) is 0.868. The smallest absolute Gasteiger partial charge is 0.163 e. The van der Waals surface area contributed by atoms with E-state index in [-0.39, 0.29) is 5.82 Å². The average molecular weight is 387 g/mol. The molecule has 5 heteroatoms. The fourth-order valence-corrected chi connectivity index (χ4v) is 3.16. The van der Waals surface area contributed by atoms with E-state index in [0.29, 0.717) is 36.6 Å². The van der Waals surface area contributed by atoms with Crippen molar-refractivity contribution < 1.29 is 18.7 Å². The molecule has 0 fully saturated rings. The molecule has 2 rings (SSSR count). The van der Waals surface area contributed by atoms with Gasteiger partial charge in [0.15, 0.2) is 5.60 Å². The van der Waals surface area contributed by atoms with Crippen LogP contribution in [0.1, 0.15) is 37.4 Å². The fraction of sp³-hybridized carbons (Fsp3) is 0.391. The van der Waals surface area contributed by atoms with E-state index in [1.54, 1.807) is 39.2 Å². The van der Waals surface area contributed by atoms with Gasteiger partial charge in [-0.25, -0.2) is 4.39 Å². The zero-order chi connectivity index (χ0) is 20.7. The van der Waals surface area contributed by atoms with E-state index in [0.717, 1.165) is 24.3 Å². The normalized spacial score (nSPS) is 11.8. The molecule has 2 aromatic rings. The standard InChI is InChI=1S/C23H30FNO3/c1-17(2)23(26,18(3)4)22-12-11-21(28-22)16-25(13-6-14-27-5)15-19-7-9-20(24)10-8-19/h7-12,26H,1,3,6,13-16H2,2,4-5H3. The van der Waals surface area contributed by atoms with Gasteiger partial charge in [0.05, 0.1) is 6.54 Å². The highest BCUT2D eigenvalue weighted by molar-refractivity contribution is 5.35. The van der Waals surface area contributed by atoms with Crippen molar-refractivity contribution in [2.75, 3.05) is 20.3 Å². The van der Waals surface area contributed by atoms with Crippen LogP contribution >= 0.6 is 0 Å². The van der Waals surface area contributed by atoms with Crippen LogP contribution in [0.25, 0.3) is 0 Å². The molecule has 0 atom stereocenters. The first-order valence-corrected chi connectivity index (χ1v) is 9.36. The van der Waals surface area contributed by atoms with Crippen LogP contribution in [0.5, 0.6) is 0 Å². The summed E-state index contributed by atoms with van der Waals surface area (Å²) in [7, 11) is 1.68. The molecule has 1 N–H and O–H groups in total. The molecule has 4 nitrogen and oxygen atoms in total. The summed E-state index contributed by atoms with van der Waals surface area (Å²) < 4.78 is 24.3. The highest BCUT2D eigenvalue weighted by Crippen LogP contribution is 2.36. The van der Waals surface area contributed by atoms with Crippen LogP contribution in [-0.4, -0.2) is 30.3 Å². The number of halogens is 1. The number of nitrogens with zero attached hydrogens (tertiary/aromatic N) is 1. The molecule has 0 aliphatic carbocycles. The van der Waals surface area contributed by atoms with Crippen LogP contribution in [0.4, 0.5) is 4.39 Å². The second-order valence-corrected chi connectivity index (χ2v) is 7.22. The molecule has 0 aliphatic heterocycles. The lowest BCUT2D eigenvalue weighted by molar-refractivity contribution is 0.0874. The number of ether oxygens (including phenoxy) is 1. The molecule has 0 radical (unpaired) electrons. The van der Waals surface area contributed by atoms with Crippen molar-refractivity contribution in [2.45, 2.75) is 39.0 Å². The predicted octanol–water partition coefficient (Wildman–Crippen LogP) is 4.80. The maximum atomic E-state index is 13.2. The highest BCUT2D eigenvalue weighted by atomic mass is 19.1. The summed E-state index contributed by atoms with van der Waals surface area (Å²) >= 11 is 0. The molecule has 0 saturated heterocycles. The van der Waals surface area contributed by atoms with Gasteiger partial charge in [-0.1, -0.05) is 25.3 Å². The van der Waals surface area contributed by atoms with E-state index >= 15 is 0 Å². The Morgan fingerprint density at radius 2 is 1.75 bits per heavy atom. The van der Waals surface area contributed by atoms with Crippen molar-refractivity contribution in [3.63, 3.8) is 0 Å². The first-order valence-electron chi connectivity index (χ1n) is 9.36. The fourth-order valence-electron chi connectivity index (χ4n) is 3.16. The molecule has 1 aromatic carbocycles. The molecule has 1 heterocycles. The third-order valence-corrected chi connectivity index (χ3v) is 4.78. The second-order valence-electron chi connectivity index (χ2n) is 7.22. The topological polar surface area (TPSA) is 45.8 Å². The molecule has 0 aliphatic rings. The van der Waals surface area contributed by atoms with Gasteiger partial charge in [-0.2, -0.15) is 0 Å². The first kappa shape index (κ1) is 22.1. The van der Waals surface area contributed by atoms with Crippen molar-refractivity contribution in [1.82, 2.24) is 4.90 Å². The van der Waals surface area contributed by atoms with Crippen LogP contribution in [0.15, 0.2) is 65.1 Å². The Morgan fingerprint density at radius 3 is 2.32 bits per heavy atom. The Hall–Kier alpha value is -2.21. The lowest BCUT2D eigenvalue weighted by Gasteiger charge is -2.27. The minimum atomic E-state index is -1.38. The van der Waals surface area contributed by atoms with Crippen molar-refractivity contribution >= 4 is 0 Å². The third-order valence-electron chi connectivity index (χ3n) is 4.78. The van der Waals surface area contributed by atoms with Gasteiger partial charge >= 0.3 is 0 Å². The van der Waals surface area contributed by atoms with Gasteiger partial charge in [-0.15, -0.1) is 0 Å². The lowest BCUT2D eigenvalue weighted by atomic mass is 9.87. The highest BCUT2D eigenvalue weighted by Gasteiger charge is 2.34. The van der Waals surface area contributed by atoms with E-state index in [4.69, 9.17) is 9.15 Å². The number of rotatable bonds is 11. The monoisotopic (exact) mass is 387 g/mol. The maximum absolute atomic E-state index is 13.2. The largest absolute Gasteiger partial charge is 0.461 e. The van der Waals surface area contributed by atoms with Gasteiger partial charge in [0.1, 0.15) is 17.3 Å². The summed E-state index contributed by atoms with van der Waals surface area (Å²) in [6, 6.07) is 10.1. The summed E-state index contributed by atoms with van der Waals surface area (Å²) in [6.45, 7) is 13.9. The molecule has 28 heavy (non-hydrogen) atoms. The van der Waals surface area contributed by atoms with Crippen molar-refractivity contribution in [2.24, 2.45) is 0 Å². The van der Waals surface area contributed by atoms with Gasteiger partial charge in [0, 0.05) is 26.8 Å². The number of benzene rings is 1. The molecule has 0 saturated carbocycles. The Bertz CT molecular complexity index is 780. The van der Waals surface area contributed by atoms with E-state index in [1.165, 1.54) is 12.1 Å². The second kappa shape index (κ2) is 9.82. The Labute approximate surface area is 166 Å². The van der Waals surface area contributed by atoms with Gasteiger partial charge in [-0.05, 0) is 61.2 Å². The number of hydrogen-bond donors (Lipinski definition) is 1. The number of methoxy groups -OCH3 is 1. The maximum Gasteiger partial charge on any atom is 0.163 e. The summed E-state index contributed by atoms with van der Waals surface area (Å²) in [4.78, 5) is 2.20. The van der Waals surface area contributed by atoms with Crippen molar-refractivity contribution in [1.29, 1.82) is 0 Å². The van der Waals surface area contributed by atoms with Crippen LogP contribution in [-0.2, 0) is 23.4 Å². The lowest BCUT2D eigenvalue weighted by Crippen LogP contribution is -2.27. The minimum Gasteiger partial charge on any atom is -0.461 e. The molecule has 0 unspecified atom stereocenters. The zero-order valence-corrected chi connectivity index (χ0v) is 17.0. The number of aliphatic hydroxyl groups is 1. The Kier molecular flexibility index (Phi) is 7.75. The van der Waals surface area contributed by atoms with E-state index < -0.39 is 5.60 Å². The van der Waals surface area contributed by atoms with E-state index in [2.05, 4.69) is 18.1 Å². The van der Waals surface area contributed by atoms with Crippen molar-refractivity contribution in [3.8, 4) is 0 Å². The molecule has 1 aromatic heterocycles. The predicted molar refractivity (Wildman–Crippen MR) is 109 cm³/mol. The first-order chi connectivity index (χ1) is 13.3.